The molecule has 2 heterocycles. The van der Waals surface area contributed by atoms with Crippen molar-refractivity contribution in [1.29, 1.82) is 0 Å². The van der Waals surface area contributed by atoms with Crippen LogP contribution in [0.3, 0.4) is 0 Å². The van der Waals surface area contributed by atoms with Gasteiger partial charge >= 0.3 is 0 Å². The average Bonchev–Trinajstić information content (AvgIpc) is 3.31. The van der Waals surface area contributed by atoms with E-state index in [9.17, 15) is 0 Å². The molecule has 5 heteroatoms. The number of nitrogen functional groups attached to an aromatic ring is 1. The van der Waals surface area contributed by atoms with E-state index in [2.05, 4.69) is 21.8 Å². The van der Waals surface area contributed by atoms with Crippen LogP contribution in [-0.2, 0) is 17.6 Å². The number of hydrogen-bond donors (Lipinski definition) is 1. The highest BCUT2D eigenvalue weighted by molar-refractivity contribution is 5.53. The van der Waals surface area contributed by atoms with Crippen molar-refractivity contribution in [3.05, 3.63) is 11.3 Å². The number of rotatable bonds is 2. The number of ether oxygens (including phenoxy) is 1. The highest BCUT2D eigenvalue weighted by Crippen LogP contribution is 2.44. The molecule has 1 aromatic rings. The number of aryl methyl sites for hydroxylation is 1. The Kier molecular flexibility index (Phi) is 3.06. The van der Waals surface area contributed by atoms with E-state index in [1.165, 1.54) is 36.9 Å². The summed E-state index contributed by atoms with van der Waals surface area (Å²) < 4.78 is 6.10. The Bertz CT molecular complexity index is 557. The predicted molar refractivity (Wildman–Crippen MR) is 82.4 cm³/mol. The summed E-state index contributed by atoms with van der Waals surface area (Å²) in [5, 5.41) is 0. The van der Waals surface area contributed by atoms with E-state index in [-0.39, 0.29) is 5.60 Å². The summed E-state index contributed by atoms with van der Waals surface area (Å²) >= 11 is 0. The molecule has 21 heavy (non-hydrogen) atoms. The van der Waals surface area contributed by atoms with Gasteiger partial charge in [-0.25, -0.2) is 4.98 Å². The fraction of sp³-hybridized carbons (Fsp3) is 0.750. The summed E-state index contributed by atoms with van der Waals surface area (Å²) in [4.78, 5) is 11.4. The van der Waals surface area contributed by atoms with Gasteiger partial charge in [0.2, 0.25) is 5.95 Å². The number of morpholine rings is 1. The molecule has 0 amide bonds. The van der Waals surface area contributed by atoms with Crippen molar-refractivity contribution in [1.82, 2.24) is 9.97 Å². The third-order valence-corrected chi connectivity index (χ3v) is 5.22. The Morgan fingerprint density at radius 3 is 2.86 bits per heavy atom. The Morgan fingerprint density at radius 2 is 2.05 bits per heavy atom. The number of nitrogens with two attached hydrogens (primary N) is 1. The molecule has 0 radical (unpaired) electrons. The van der Waals surface area contributed by atoms with Gasteiger partial charge in [-0.05, 0) is 51.4 Å². The van der Waals surface area contributed by atoms with Crippen LogP contribution in [0.1, 0.15) is 43.9 Å². The standard InChI is InChI=1S/C16H24N4O/c1-16(11-6-7-11)10-20(8-9-21-16)14-12-4-2-3-5-13(12)18-15(17)19-14/h11H,2-10H2,1H3,(H2,17,18,19). The Balaban J connectivity index is 1.67. The molecule has 114 valence electrons. The molecule has 0 bridgehead atoms. The first kappa shape index (κ1) is 13.3. The van der Waals surface area contributed by atoms with Gasteiger partial charge in [-0.15, -0.1) is 0 Å². The molecular weight excluding hydrogens is 264 g/mol. The highest BCUT2D eigenvalue weighted by atomic mass is 16.5. The number of anilines is 2. The normalized spacial score (nSPS) is 29.3. The highest BCUT2D eigenvalue weighted by Gasteiger charge is 2.46. The Labute approximate surface area is 125 Å². The van der Waals surface area contributed by atoms with E-state index >= 15 is 0 Å². The van der Waals surface area contributed by atoms with Gasteiger partial charge in [-0.2, -0.15) is 4.98 Å². The van der Waals surface area contributed by atoms with Crippen molar-refractivity contribution in [3.63, 3.8) is 0 Å². The van der Waals surface area contributed by atoms with E-state index in [1.807, 2.05) is 0 Å². The van der Waals surface area contributed by atoms with E-state index < -0.39 is 0 Å². The molecule has 1 aromatic heterocycles. The first-order chi connectivity index (χ1) is 10.2. The van der Waals surface area contributed by atoms with Gasteiger partial charge in [-0.1, -0.05) is 0 Å². The second-order valence-corrected chi connectivity index (χ2v) is 6.89. The zero-order chi connectivity index (χ0) is 14.4. The maximum Gasteiger partial charge on any atom is 0.222 e. The van der Waals surface area contributed by atoms with Crippen molar-refractivity contribution in [2.24, 2.45) is 5.92 Å². The van der Waals surface area contributed by atoms with Gasteiger partial charge in [0.25, 0.3) is 0 Å². The molecule has 0 aromatic carbocycles. The summed E-state index contributed by atoms with van der Waals surface area (Å²) in [6.07, 6.45) is 7.17. The maximum absolute atomic E-state index is 6.10. The van der Waals surface area contributed by atoms with Crippen LogP contribution < -0.4 is 10.6 Å². The van der Waals surface area contributed by atoms with Crippen LogP contribution in [-0.4, -0.2) is 35.3 Å². The molecular formula is C16H24N4O. The van der Waals surface area contributed by atoms with Crippen LogP contribution >= 0.6 is 0 Å². The van der Waals surface area contributed by atoms with E-state index in [0.29, 0.717) is 5.95 Å². The van der Waals surface area contributed by atoms with Crippen LogP contribution in [0.2, 0.25) is 0 Å². The summed E-state index contributed by atoms with van der Waals surface area (Å²) in [5.41, 5.74) is 8.43. The summed E-state index contributed by atoms with van der Waals surface area (Å²) in [7, 11) is 0. The SMILES string of the molecule is CC1(C2CC2)CN(c2nc(N)nc3c2CCCC3)CCO1. The lowest BCUT2D eigenvalue weighted by Crippen LogP contribution is -2.52. The second-order valence-electron chi connectivity index (χ2n) is 6.89. The van der Waals surface area contributed by atoms with Crippen molar-refractivity contribution < 1.29 is 4.74 Å². The molecule has 5 nitrogen and oxygen atoms in total. The fourth-order valence-corrected chi connectivity index (χ4v) is 3.87. The molecule has 0 spiro atoms. The molecule has 1 aliphatic heterocycles. The first-order valence-corrected chi connectivity index (χ1v) is 8.20. The minimum Gasteiger partial charge on any atom is -0.371 e. The lowest BCUT2D eigenvalue weighted by Gasteiger charge is -2.42. The van der Waals surface area contributed by atoms with Crippen molar-refractivity contribution in [2.45, 2.75) is 51.0 Å². The number of hydrogen-bond acceptors (Lipinski definition) is 5. The minimum atomic E-state index is -0.0144. The molecule has 2 aliphatic carbocycles. The minimum absolute atomic E-state index is 0.0144. The summed E-state index contributed by atoms with van der Waals surface area (Å²) in [5.74, 6) is 2.22. The second kappa shape index (κ2) is 4.83. The predicted octanol–water partition coefficient (Wildman–Crippen LogP) is 1.94. The van der Waals surface area contributed by atoms with Gasteiger partial charge in [-0.3, -0.25) is 0 Å². The molecule has 1 saturated heterocycles. The third-order valence-electron chi connectivity index (χ3n) is 5.22. The lowest BCUT2D eigenvalue weighted by molar-refractivity contribution is -0.0577. The van der Waals surface area contributed by atoms with Crippen LogP contribution in [0.25, 0.3) is 0 Å². The molecule has 1 saturated carbocycles. The number of aromatic nitrogens is 2. The van der Waals surface area contributed by atoms with Gasteiger partial charge in [0.15, 0.2) is 0 Å². The zero-order valence-electron chi connectivity index (χ0n) is 12.8. The van der Waals surface area contributed by atoms with E-state index in [0.717, 1.165) is 44.3 Å². The molecule has 3 aliphatic rings. The van der Waals surface area contributed by atoms with Gasteiger partial charge in [0.1, 0.15) is 5.82 Å². The molecule has 1 unspecified atom stereocenters. The van der Waals surface area contributed by atoms with Crippen molar-refractivity contribution in [3.8, 4) is 0 Å². The quantitative estimate of drug-likeness (QED) is 0.901. The largest absolute Gasteiger partial charge is 0.371 e. The van der Waals surface area contributed by atoms with E-state index in [4.69, 9.17) is 10.5 Å². The van der Waals surface area contributed by atoms with Gasteiger partial charge in [0.05, 0.1) is 17.9 Å². The average molecular weight is 288 g/mol. The van der Waals surface area contributed by atoms with Crippen molar-refractivity contribution >= 4 is 11.8 Å². The number of nitrogens with zero attached hydrogens (tertiary/aromatic N) is 3. The van der Waals surface area contributed by atoms with Crippen LogP contribution in [0.4, 0.5) is 11.8 Å². The van der Waals surface area contributed by atoms with Gasteiger partial charge < -0.3 is 15.4 Å². The van der Waals surface area contributed by atoms with Crippen LogP contribution in [0.15, 0.2) is 0 Å². The van der Waals surface area contributed by atoms with Crippen molar-refractivity contribution in [2.75, 3.05) is 30.3 Å². The molecule has 2 N–H and O–H groups in total. The fourth-order valence-electron chi connectivity index (χ4n) is 3.87. The molecule has 2 fully saturated rings. The zero-order valence-corrected chi connectivity index (χ0v) is 12.8. The van der Waals surface area contributed by atoms with Gasteiger partial charge in [0, 0.05) is 18.7 Å². The third kappa shape index (κ3) is 2.37. The van der Waals surface area contributed by atoms with Crippen LogP contribution in [0.5, 0.6) is 0 Å². The summed E-state index contributed by atoms with van der Waals surface area (Å²) in [6.45, 7) is 4.88. The molecule has 1 atom stereocenters. The lowest BCUT2D eigenvalue weighted by atomic mass is 9.94. The monoisotopic (exact) mass is 288 g/mol. The summed E-state index contributed by atoms with van der Waals surface area (Å²) in [6, 6.07) is 0. The smallest absolute Gasteiger partial charge is 0.222 e. The first-order valence-electron chi connectivity index (χ1n) is 8.20. The molecule has 4 rings (SSSR count). The van der Waals surface area contributed by atoms with E-state index in [1.54, 1.807) is 0 Å². The topological polar surface area (TPSA) is 64.3 Å². The van der Waals surface area contributed by atoms with Crippen LogP contribution in [0, 0.1) is 5.92 Å². The Morgan fingerprint density at radius 1 is 1.24 bits per heavy atom. The maximum atomic E-state index is 6.10. The number of fused-ring (bicyclic) bond motifs is 1. The Hall–Kier alpha value is -1.36.